The number of aromatic hydroxyl groups is 1. The number of aryl methyl sites for hydroxylation is 2. The van der Waals surface area contributed by atoms with E-state index in [1.54, 1.807) is 36.0 Å². The van der Waals surface area contributed by atoms with Crippen molar-refractivity contribution in [1.82, 2.24) is 44.1 Å². The van der Waals surface area contributed by atoms with Crippen LogP contribution in [0.15, 0.2) is 59.5 Å². The summed E-state index contributed by atoms with van der Waals surface area (Å²) in [5.74, 6) is 0.496. The molecule has 78 heavy (non-hydrogen) atoms. The van der Waals surface area contributed by atoms with Crippen LogP contribution < -0.4 is 20.6 Å². The molecular formula is C59H71FN10O8. The quantitative estimate of drug-likeness (QED) is 0.103. The Balaban J connectivity index is 0.656. The number of aliphatic hydroxyl groups is 1. The number of halogens is 1. The van der Waals surface area contributed by atoms with Crippen LogP contribution in [0.2, 0.25) is 0 Å². The average molecular weight is 1070 g/mol. The number of nitrogens with zero attached hydrogens (tertiary/aromatic N) is 9. The maximum atomic E-state index is 15.2. The number of aromatic nitrogens is 5. The average Bonchev–Trinajstić information content (AvgIpc) is 4.18. The van der Waals surface area contributed by atoms with Gasteiger partial charge < -0.3 is 34.4 Å². The number of imide groups is 1. The van der Waals surface area contributed by atoms with Gasteiger partial charge in [0.2, 0.25) is 11.8 Å². The molecule has 1 unspecified atom stereocenters. The molecule has 19 heteroatoms. The number of likely N-dealkylation sites (tertiary alicyclic amines) is 2. The van der Waals surface area contributed by atoms with E-state index in [1.165, 1.54) is 16.2 Å². The normalized spacial score (nSPS) is 24.9. The molecule has 3 N–H and O–H groups in total. The number of pyridine rings is 1. The van der Waals surface area contributed by atoms with Gasteiger partial charge in [0.15, 0.2) is 0 Å². The minimum absolute atomic E-state index is 0.0516. The van der Waals surface area contributed by atoms with E-state index >= 15 is 4.39 Å². The molecule has 0 saturated carbocycles. The number of imidazole rings is 1. The Morgan fingerprint density at radius 1 is 0.897 bits per heavy atom. The van der Waals surface area contributed by atoms with Crippen LogP contribution in [0, 0.1) is 11.7 Å². The van der Waals surface area contributed by atoms with Gasteiger partial charge in [-0.2, -0.15) is 9.97 Å². The van der Waals surface area contributed by atoms with E-state index < -0.39 is 17.6 Å². The number of rotatable bonds is 12. The van der Waals surface area contributed by atoms with Crippen molar-refractivity contribution in [3.63, 3.8) is 0 Å². The van der Waals surface area contributed by atoms with Crippen molar-refractivity contribution in [1.29, 1.82) is 0 Å². The van der Waals surface area contributed by atoms with Crippen molar-refractivity contribution in [3.05, 3.63) is 82.2 Å². The van der Waals surface area contributed by atoms with Crippen molar-refractivity contribution in [2.45, 2.75) is 126 Å². The Morgan fingerprint density at radius 2 is 1.71 bits per heavy atom. The summed E-state index contributed by atoms with van der Waals surface area (Å²) in [6.45, 7) is 10.7. The predicted molar refractivity (Wildman–Crippen MR) is 293 cm³/mol. The topological polar surface area (TPSA) is 201 Å². The van der Waals surface area contributed by atoms with Gasteiger partial charge in [0.25, 0.3) is 0 Å². The van der Waals surface area contributed by atoms with Gasteiger partial charge in [-0.15, -0.1) is 0 Å². The number of phenolic OH excluding ortho intramolecular Hbond substituents is 1. The van der Waals surface area contributed by atoms with Crippen LogP contribution in [-0.4, -0.2) is 150 Å². The molecule has 3 amide bonds. The van der Waals surface area contributed by atoms with Gasteiger partial charge >= 0.3 is 17.8 Å². The summed E-state index contributed by atoms with van der Waals surface area (Å²) in [5, 5.41) is 26.5. The second-order valence-electron chi connectivity index (χ2n) is 23.4. The molecule has 4 atom stereocenters. The molecule has 6 fully saturated rings. The van der Waals surface area contributed by atoms with Crippen molar-refractivity contribution >= 4 is 56.4 Å². The molecule has 412 valence electrons. The maximum absolute atomic E-state index is 15.2. The fraction of sp³-hybridized carbons (Fsp3) is 0.542. The number of hydrogen-bond acceptors (Lipinski definition) is 14. The number of β-amino-alcohol motifs (C(OH)–C–C–N with tert-alkyl or cyclic N) is 1. The van der Waals surface area contributed by atoms with Gasteiger partial charge in [-0.1, -0.05) is 19.1 Å². The molecule has 3 aromatic carbocycles. The second-order valence-corrected chi connectivity index (χ2v) is 23.4. The fourth-order valence-electron chi connectivity index (χ4n) is 14.1. The SMILES string of the molecule is CCc1c(F)ccc2cc(O)cc(-c3cc4nc(OC[C@@]56CCCN5[C@H](COC(=O)N5CCC(CN7CCC(c8ccc9c(c8)n(C)c(=O)n9C8CCC(=O)NC8=O)CC7)CC5)CC6)nc(N5CCC[C@@](C)(O)C5)c4cn3)c12. The highest BCUT2D eigenvalue weighted by Gasteiger charge is 2.50. The lowest BCUT2D eigenvalue weighted by atomic mass is 9.88. The molecule has 0 spiro atoms. The first-order valence-corrected chi connectivity index (χ1v) is 28.3. The molecule has 6 aliphatic rings. The Bertz CT molecular complexity index is 3380. The van der Waals surface area contributed by atoms with Crippen LogP contribution in [-0.2, 0) is 27.8 Å². The third kappa shape index (κ3) is 9.84. The van der Waals surface area contributed by atoms with Gasteiger partial charge in [0, 0.05) is 64.0 Å². The molecule has 6 aromatic rings. The maximum Gasteiger partial charge on any atom is 0.409 e. The highest BCUT2D eigenvalue weighted by Crippen LogP contribution is 2.44. The first-order valence-electron chi connectivity index (χ1n) is 28.3. The van der Waals surface area contributed by atoms with Gasteiger partial charge in [-0.05, 0) is 174 Å². The van der Waals surface area contributed by atoms with E-state index in [9.17, 15) is 29.4 Å². The van der Waals surface area contributed by atoms with Crippen molar-refractivity contribution < 1.29 is 38.5 Å². The smallest absolute Gasteiger partial charge is 0.409 e. The van der Waals surface area contributed by atoms with Crippen LogP contribution in [0.25, 0.3) is 44.0 Å². The number of ether oxygens (including phenoxy) is 2. The van der Waals surface area contributed by atoms with Gasteiger partial charge in [-0.25, -0.2) is 14.0 Å². The Labute approximate surface area is 452 Å². The number of carbonyl (C=O) groups is 3. The second kappa shape index (κ2) is 20.8. The van der Waals surface area contributed by atoms with E-state index in [0.29, 0.717) is 120 Å². The largest absolute Gasteiger partial charge is 0.508 e. The monoisotopic (exact) mass is 1070 g/mol. The number of piperidine rings is 4. The third-order valence-corrected chi connectivity index (χ3v) is 18.3. The lowest BCUT2D eigenvalue weighted by molar-refractivity contribution is -0.135. The third-order valence-electron chi connectivity index (χ3n) is 18.3. The Morgan fingerprint density at radius 3 is 2.49 bits per heavy atom. The Kier molecular flexibility index (Phi) is 13.9. The molecule has 3 aromatic heterocycles. The number of benzene rings is 3. The highest BCUT2D eigenvalue weighted by atomic mass is 19.1. The van der Waals surface area contributed by atoms with Gasteiger partial charge in [0.1, 0.15) is 36.6 Å². The zero-order valence-corrected chi connectivity index (χ0v) is 45.0. The molecule has 0 radical (unpaired) electrons. The van der Waals surface area contributed by atoms with Crippen LogP contribution in [0.1, 0.15) is 114 Å². The fourth-order valence-corrected chi connectivity index (χ4v) is 14.1. The Hall–Kier alpha value is -6.70. The van der Waals surface area contributed by atoms with E-state index in [1.807, 2.05) is 30.9 Å². The molecule has 12 rings (SSSR count). The van der Waals surface area contributed by atoms with E-state index in [-0.39, 0.29) is 53.3 Å². The minimum atomic E-state index is -0.905. The van der Waals surface area contributed by atoms with Crippen LogP contribution in [0.4, 0.5) is 15.0 Å². The number of amides is 3. The van der Waals surface area contributed by atoms with Gasteiger partial charge in [-0.3, -0.25) is 33.9 Å². The summed E-state index contributed by atoms with van der Waals surface area (Å²) in [4.78, 5) is 75.3. The number of phenols is 1. The summed E-state index contributed by atoms with van der Waals surface area (Å²) in [6, 6.07) is 14.0. The zero-order valence-electron chi connectivity index (χ0n) is 45.0. The predicted octanol–water partition coefficient (Wildman–Crippen LogP) is 7.34. The van der Waals surface area contributed by atoms with E-state index in [4.69, 9.17) is 24.4 Å². The molecule has 0 aliphatic carbocycles. The lowest BCUT2D eigenvalue weighted by Crippen LogP contribution is -2.49. The molecule has 0 bridgehead atoms. The molecular weight excluding hydrogens is 996 g/mol. The summed E-state index contributed by atoms with van der Waals surface area (Å²) in [7, 11) is 1.74. The summed E-state index contributed by atoms with van der Waals surface area (Å²) in [5.41, 5.74) is 3.55. The molecule has 6 saturated heterocycles. The first kappa shape index (κ1) is 52.0. The van der Waals surface area contributed by atoms with Crippen LogP contribution in [0.3, 0.4) is 0 Å². The van der Waals surface area contributed by atoms with E-state index in [2.05, 4.69) is 32.1 Å². The molecule has 6 aliphatic heterocycles. The molecule has 9 heterocycles. The number of anilines is 1. The number of carbonyl (C=O) groups excluding carboxylic acids is 3. The van der Waals surface area contributed by atoms with Crippen molar-refractivity contribution in [2.24, 2.45) is 13.0 Å². The van der Waals surface area contributed by atoms with Crippen LogP contribution in [0.5, 0.6) is 11.8 Å². The van der Waals surface area contributed by atoms with Crippen molar-refractivity contribution in [2.75, 3.05) is 70.5 Å². The van der Waals surface area contributed by atoms with E-state index in [0.717, 1.165) is 89.5 Å². The highest BCUT2D eigenvalue weighted by molar-refractivity contribution is 6.02. The van der Waals surface area contributed by atoms with Crippen molar-refractivity contribution in [3.8, 4) is 23.0 Å². The summed E-state index contributed by atoms with van der Waals surface area (Å²) < 4.78 is 31.1. The summed E-state index contributed by atoms with van der Waals surface area (Å²) >= 11 is 0. The first-order chi connectivity index (χ1) is 37.6. The lowest BCUT2D eigenvalue weighted by Gasteiger charge is -2.38. The van der Waals surface area contributed by atoms with Gasteiger partial charge in [0.05, 0.1) is 38.8 Å². The zero-order chi connectivity index (χ0) is 54.0. The molecule has 18 nitrogen and oxygen atoms in total. The number of hydrogen-bond donors (Lipinski definition) is 3. The minimum Gasteiger partial charge on any atom is -0.508 e. The standard InChI is InChI=1S/C59H71FN10O8/c1-4-42-45(60)9-7-39-27-41(71)29-43(52(39)42)46-30-47-44(31-61-46)53(68-21-5-18-58(2,76)34-68)64-55(62-47)78-35-59-19-6-22-69(59)40(13-20-59)33-77-57(75)67-25-14-36(15-26-67)32-66-23-16-37(17-24-66)38-8-10-48-50(28-38)65(3)56(74)70(48)49-11-12-51(72)63-54(49)73/h7-10,27-31,36-37,40,49,71,76H,4-6,11-26,32-35H2,1-3H3,(H,63,72,73)/t40-,49?,58+,59-/m0/s1. The van der Waals surface area contributed by atoms with Crippen LogP contribution >= 0.6 is 0 Å². The number of fused-ring (bicyclic) bond motifs is 4. The number of nitrogens with one attached hydrogen (secondary N) is 1. The summed E-state index contributed by atoms with van der Waals surface area (Å²) in [6.07, 6.45) is 11.5.